The third kappa shape index (κ3) is 4.03. The summed E-state index contributed by atoms with van der Waals surface area (Å²) in [7, 11) is 1.62. The van der Waals surface area contributed by atoms with Gasteiger partial charge in [0, 0.05) is 6.42 Å². The Hall–Kier alpha value is -2.44. The second-order valence-electron chi connectivity index (χ2n) is 7.41. The minimum Gasteiger partial charge on any atom is -0.495 e. The van der Waals surface area contributed by atoms with Crippen LogP contribution in [-0.4, -0.2) is 31.1 Å². The number of fused-ring (bicyclic) bond motifs is 1. The van der Waals surface area contributed by atoms with Gasteiger partial charge < -0.3 is 15.0 Å². The first kappa shape index (κ1) is 18.9. The Balaban J connectivity index is 1.50. The second-order valence-corrected chi connectivity index (χ2v) is 8.47. The van der Waals surface area contributed by atoms with Gasteiger partial charge in [-0.25, -0.2) is 4.98 Å². The lowest BCUT2D eigenvalue weighted by molar-refractivity contribution is -0.929. The molecule has 6 heteroatoms. The van der Waals surface area contributed by atoms with Crippen molar-refractivity contribution >= 4 is 33.1 Å². The van der Waals surface area contributed by atoms with Crippen LogP contribution in [0.2, 0.25) is 0 Å². The molecule has 1 aromatic heterocycles. The number of likely N-dealkylation sites (tertiary alicyclic amines) is 1. The third-order valence-electron chi connectivity index (χ3n) is 5.36. The van der Waals surface area contributed by atoms with E-state index >= 15 is 0 Å². The highest BCUT2D eigenvalue weighted by atomic mass is 32.1. The smallest absolute Gasteiger partial charge is 0.279 e. The number of quaternary nitrogens is 1. The molecule has 0 spiro atoms. The molecule has 2 heterocycles. The molecule has 1 amide bonds. The molecule has 2 aromatic carbocycles. The monoisotopic (exact) mass is 396 g/mol. The highest BCUT2D eigenvalue weighted by Gasteiger charge is 2.32. The van der Waals surface area contributed by atoms with Crippen molar-refractivity contribution in [1.82, 2.24) is 4.98 Å². The molecular weight excluding hydrogens is 370 g/mol. The van der Waals surface area contributed by atoms with Crippen molar-refractivity contribution < 1.29 is 14.4 Å². The maximum atomic E-state index is 12.8. The van der Waals surface area contributed by atoms with E-state index in [0.717, 1.165) is 41.2 Å². The number of benzene rings is 2. The number of carbonyl (C=O) groups excluding carboxylic acids is 1. The number of aryl methyl sites for hydroxylation is 1. The Bertz CT molecular complexity index is 952. The van der Waals surface area contributed by atoms with Crippen LogP contribution in [0.1, 0.15) is 35.9 Å². The molecule has 0 aliphatic carbocycles. The van der Waals surface area contributed by atoms with Gasteiger partial charge in [-0.15, -0.1) is 11.3 Å². The molecule has 1 fully saturated rings. The van der Waals surface area contributed by atoms with Gasteiger partial charge in [0.15, 0.2) is 11.6 Å². The number of anilines is 1. The van der Waals surface area contributed by atoms with Gasteiger partial charge in [0.1, 0.15) is 11.8 Å². The lowest BCUT2D eigenvalue weighted by Gasteiger charge is -2.30. The van der Waals surface area contributed by atoms with Crippen LogP contribution in [0.25, 0.3) is 10.2 Å². The quantitative estimate of drug-likeness (QED) is 0.695. The van der Waals surface area contributed by atoms with Crippen molar-refractivity contribution in [2.75, 3.05) is 25.5 Å². The topological polar surface area (TPSA) is 55.7 Å². The summed E-state index contributed by atoms with van der Waals surface area (Å²) in [6.45, 7) is 3.45. The summed E-state index contributed by atoms with van der Waals surface area (Å²) in [6.07, 6.45) is 3.42. The first-order chi connectivity index (χ1) is 13.6. The Morgan fingerprint density at radius 2 is 2.14 bits per heavy atom. The largest absolute Gasteiger partial charge is 0.495 e. The summed E-state index contributed by atoms with van der Waals surface area (Å²) in [4.78, 5) is 19.0. The van der Waals surface area contributed by atoms with Gasteiger partial charge in [0.2, 0.25) is 0 Å². The average Bonchev–Trinajstić information content (AvgIpc) is 3.12. The van der Waals surface area contributed by atoms with E-state index in [9.17, 15) is 4.79 Å². The van der Waals surface area contributed by atoms with Gasteiger partial charge in [-0.2, -0.15) is 0 Å². The Morgan fingerprint density at radius 1 is 1.29 bits per heavy atom. The first-order valence-corrected chi connectivity index (χ1v) is 10.6. The zero-order chi connectivity index (χ0) is 19.5. The van der Waals surface area contributed by atoms with Crippen molar-refractivity contribution in [2.24, 2.45) is 0 Å². The SMILES string of the molecule is COc1ccc(C)cc1NC(=O)C[NH+]1CCCC[C@@H]1c1nc2ccccc2s1. The molecule has 4 rings (SSSR count). The molecule has 0 radical (unpaired) electrons. The maximum Gasteiger partial charge on any atom is 0.279 e. The number of aromatic nitrogens is 1. The maximum absolute atomic E-state index is 12.8. The minimum atomic E-state index is 0.0203. The van der Waals surface area contributed by atoms with Crippen molar-refractivity contribution in [1.29, 1.82) is 0 Å². The van der Waals surface area contributed by atoms with Gasteiger partial charge in [0.25, 0.3) is 5.91 Å². The number of carbonyl (C=O) groups is 1. The van der Waals surface area contributed by atoms with E-state index in [1.165, 1.54) is 16.0 Å². The van der Waals surface area contributed by atoms with Gasteiger partial charge in [-0.3, -0.25) is 4.79 Å². The van der Waals surface area contributed by atoms with Crippen LogP contribution in [0, 0.1) is 6.92 Å². The predicted octanol–water partition coefficient (Wildman–Crippen LogP) is 3.36. The van der Waals surface area contributed by atoms with Crippen molar-refractivity contribution in [2.45, 2.75) is 32.2 Å². The Labute approximate surface area is 169 Å². The summed E-state index contributed by atoms with van der Waals surface area (Å²) >= 11 is 1.76. The minimum absolute atomic E-state index is 0.0203. The van der Waals surface area contributed by atoms with Crippen molar-refractivity contribution in [3.8, 4) is 5.75 Å². The zero-order valence-electron chi connectivity index (χ0n) is 16.3. The second kappa shape index (κ2) is 8.29. The van der Waals surface area contributed by atoms with Crippen LogP contribution in [-0.2, 0) is 4.79 Å². The molecule has 28 heavy (non-hydrogen) atoms. The fourth-order valence-corrected chi connectivity index (χ4v) is 5.11. The molecule has 1 unspecified atom stereocenters. The van der Waals surface area contributed by atoms with Crippen LogP contribution in [0.15, 0.2) is 42.5 Å². The fourth-order valence-electron chi connectivity index (χ4n) is 3.95. The van der Waals surface area contributed by atoms with E-state index in [4.69, 9.17) is 9.72 Å². The molecule has 0 saturated carbocycles. The number of nitrogens with one attached hydrogen (secondary N) is 2. The normalized spacial score (nSPS) is 19.5. The molecule has 3 aromatic rings. The number of hydrogen-bond donors (Lipinski definition) is 2. The number of nitrogens with zero attached hydrogens (tertiary/aromatic N) is 1. The number of thiazole rings is 1. The first-order valence-electron chi connectivity index (χ1n) is 9.78. The number of para-hydroxylation sites is 1. The number of amides is 1. The molecule has 1 aliphatic rings. The van der Waals surface area contributed by atoms with Gasteiger partial charge in [-0.1, -0.05) is 18.2 Å². The van der Waals surface area contributed by atoms with Crippen LogP contribution in [0.5, 0.6) is 5.75 Å². The van der Waals surface area contributed by atoms with Crippen LogP contribution >= 0.6 is 11.3 Å². The summed E-state index contributed by atoms with van der Waals surface area (Å²) in [5, 5.41) is 4.20. The number of hydrogen-bond acceptors (Lipinski definition) is 4. The van der Waals surface area contributed by atoms with E-state index < -0.39 is 0 Å². The molecule has 1 saturated heterocycles. The molecule has 2 atom stereocenters. The highest BCUT2D eigenvalue weighted by molar-refractivity contribution is 7.18. The van der Waals surface area contributed by atoms with Crippen molar-refractivity contribution in [3.63, 3.8) is 0 Å². The lowest BCUT2D eigenvalue weighted by atomic mass is 10.0. The van der Waals surface area contributed by atoms with E-state index in [1.54, 1.807) is 18.4 Å². The Kier molecular flexibility index (Phi) is 5.59. The number of ether oxygens (including phenoxy) is 1. The highest BCUT2D eigenvalue weighted by Crippen LogP contribution is 2.29. The van der Waals surface area contributed by atoms with Crippen LogP contribution in [0.4, 0.5) is 5.69 Å². The van der Waals surface area contributed by atoms with Crippen molar-refractivity contribution in [3.05, 3.63) is 53.0 Å². The molecule has 2 N–H and O–H groups in total. The molecule has 0 bridgehead atoms. The number of piperidine rings is 1. The molecule has 1 aliphatic heterocycles. The van der Waals surface area contributed by atoms with Gasteiger partial charge in [0.05, 0.1) is 29.6 Å². The van der Waals surface area contributed by atoms with E-state index in [-0.39, 0.29) is 11.9 Å². The average molecular weight is 397 g/mol. The number of methoxy groups -OCH3 is 1. The lowest BCUT2D eigenvalue weighted by Crippen LogP contribution is -3.14. The molecular formula is C22H26N3O2S+. The van der Waals surface area contributed by atoms with Crippen LogP contribution < -0.4 is 15.0 Å². The zero-order valence-corrected chi connectivity index (χ0v) is 17.1. The fraction of sp³-hybridized carbons (Fsp3) is 0.364. The summed E-state index contributed by atoms with van der Waals surface area (Å²) in [5.74, 6) is 0.710. The summed E-state index contributed by atoms with van der Waals surface area (Å²) in [5.41, 5.74) is 2.88. The summed E-state index contributed by atoms with van der Waals surface area (Å²) in [6, 6.07) is 14.4. The number of rotatable bonds is 5. The van der Waals surface area contributed by atoms with E-state index in [0.29, 0.717) is 12.3 Å². The van der Waals surface area contributed by atoms with E-state index in [1.807, 2.05) is 31.2 Å². The standard InChI is InChI=1S/C22H25N3O2S/c1-15-10-11-19(27-2)17(13-15)23-21(26)14-25-12-6-5-8-18(25)22-24-16-7-3-4-9-20(16)28-22/h3-4,7,9-11,13,18H,5-6,8,12,14H2,1-2H3,(H,23,26)/p+1/t18-/m1/s1. The Morgan fingerprint density at radius 3 is 2.96 bits per heavy atom. The van der Waals surface area contributed by atoms with E-state index in [2.05, 4.69) is 23.5 Å². The molecule has 146 valence electrons. The predicted molar refractivity (Wildman–Crippen MR) is 113 cm³/mol. The molecule has 5 nitrogen and oxygen atoms in total. The summed E-state index contributed by atoms with van der Waals surface area (Å²) < 4.78 is 6.60. The van der Waals surface area contributed by atoms with Gasteiger partial charge >= 0.3 is 0 Å². The van der Waals surface area contributed by atoms with Gasteiger partial charge in [-0.05, 0) is 49.6 Å². The third-order valence-corrected chi connectivity index (χ3v) is 6.51. The van der Waals surface area contributed by atoms with Crippen LogP contribution in [0.3, 0.4) is 0 Å².